The molecule has 0 amide bonds. The van der Waals surface area contributed by atoms with Crippen LogP contribution >= 0.6 is 22.7 Å². The van der Waals surface area contributed by atoms with Crippen molar-refractivity contribution >= 4 is 28.5 Å². The van der Waals surface area contributed by atoms with Crippen LogP contribution in [-0.4, -0.2) is 56.4 Å². The van der Waals surface area contributed by atoms with Gasteiger partial charge in [0.15, 0.2) is 23.0 Å². The van der Waals surface area contributed by atoms with Gasteiger partial charge in [-0.3, -0.25) is 4.79 Å². The molecular weight excluding hydrogens is 745 g/mol. The number of rotatable bonds is 20. The van der Waals surface area contributed by atoms with Crippen LogP contribution in [0.1, 0.15) is 62.0 Å². The molecule has 0 bridgehead atoms. The summed E-state index contributed by atoms with van der Waals surface area (Å²) in [6.07, 6.45) is 0.792. The van der Waals surface area contributed by atoms with Crippen LogP contribution in [0, 0.1) is 0 Å². The largest absolute Gasteiger partial charge is 0.497 e. The van der Waals surface area contributed by atoms with E-state index in [1.807, 2.05) is 123 Å². The minimum absolute atomic E-state index is 0.0509. The van der Waals surface area contributed by atoms with Crippen LogP contribution in [0.5, 0.6) is 34.5 Å². The number of benzene rings is 4. The van der Waals surface area contributed by atoms with Gasteiger partial charge in [-0.15, -0.1) is 22.7 Å². The number of hydrogen-bond donors (Lipinski definition) is 0. The van der Waals surface area contributed by atoms with E-state index in [1.54, 1.807) is 36.9 Å². The summed E-state index contributed by atoms with van der Waals surface area (Å²) in [5, 5.41) is 5.74. The number of nitrogens with zero attached hydrogens (tertiary/aromatic N) is 2. The van der Waals surface area contributed by atoms with Gasteiger partial charge < -0.3 is 28.4 Å². The molecule has 292 valence electrons. The summed E-state index contributed by atoms with van der Waals surface area (Å²) >= 11 is 3.08. The number of thiazole rings is 2. The number of ketones is 1. The highest BCUT2D eigenvalue weighted by Crippen LogP contribution is 2.39. The number of carbonyl (C=O) groups excluding carboxylic acids is 1. The highest BCUT2D eigenvalue weighted by Gasteiger charge is 2.32. The first-order chi connectivity index (χ1) is 27.4. The van der Waals surface area contributed by atoms with Crippen LogP contribution in [0.15, 0.2) is 95.7 Å². The second-order valence-electron chi connectivity index (χ2n) is 12.8. The van der Waals surface area contributed by atoms with E-state index in [0.717, 1.165) is 43.7 Å². The van der Waals surface area contributed by atoms with Crippen molar-refractivity contribution in [3.8, 4) is 55.6 Å². The molecule has 0 spiro atoms. The summed E-state index contributed by atoms with van der Waals surface area (Å²) < 4.78 is 34.6. The van der Waals surface area contributed by atoms with Crippen molar-refractivity contribution in [1.82, 2.24) is 9.97 Å². The molecule has 2 unspecified atom stereocenters. The fourth-order valence-electron chi connectivity index (χ4n) is 6.58. The molecule has 0 fully saturated rings. The van der Waals surface area contributed by atoms with Crippen molar-refractivity contribution in [2.45, 2.75) is 52.4 Å². The average Bonchev–Trinajstić information content (AvgIpc) is 3.91. The lowest BCUT2D eigenvalue weighted by Gasteiger charge is -2.23. The molecule has 0 saturated carbocycles. The second-order valence-corrected chi connectivity index (χ2v) is 14.5. The Bertz CT molecular complexity index is 2060. The van der Waals surface area contributed by atoms with Gasteiger partial charge in [-0.25, -0.2) is 9.97 Å². The van der Waals surface area contributed by atoms with Crippen molar-refractivity contribution in [2.24, 2.45) is 0 Å². The lowest BCUT2D eigenvalue weighted by atomic mass is 9.79. The first-order valence-corrected chi connectivity index (χ1v) is 20.6. The fourth-order valence-corrected chi connectivity index (χ4v) is 8.24. The molecule has 6 aromatic rings. The molecule has 0 aliphatic carbocycles. The maximum Gasteiger partial charge on any atom is 0.161 e. The van der Waals surface area contributed by atoms with Gasteiger partial charge in [0.1, 0.15) is 27.3 Å². The Balaban J connectivity index is 1.35. The second kappa shape index (κ2) is 19.5. The number of methoxy groups -OCH3 is 2. The van der Waals surface area contributed by atoms with Gasteiger partial charge in [-0.05, 0) is 99.5 Å². The van der Waals surface area contributed by atoms with Crippen LogP contribution in [0.3, 0.4) is 0 Å². The van der Waals surface area contributed by atoms with Crippen molar-refractivity contribution in [3.05, 3.63) is 118 Å². The molecule has 0 aliphatic heterocycles. The summed E-state index contributed by atoms with van der Waals surface area (Å²) in [4.78, 5) is 25.4. The van der Waals surface area contributed by atoms with Crippen molar-refractivity contribution in [2.75, 3.05) is 40.6 Å². The zero-order chi connectivity index (χ0) is 39.4. The lowest BCUT2D eigenvalue weighted by molar-refractivity contribution is -0.122. The molecule has 4 aromatic carbocycles. The predicted molar refractivity (Wildman–Crippen MR) is 224 cm³/mol. The Morgan fingerprint density at radius 3 is 1.36 bits per heavy atom. The first-order valence-electron chi connectivity index (χ1n) is 18.9. The molecule has 0 radical (unpaired) electrons. The summed E-state index contributed by atoms with van der Waals surface area (Å²) in [7, 11) is 3.27. The van der Waals surface area contributed by atoms with E-state index in [0.29, 0.717) is 73.8 Å². The third kappa shape index (κ3) is 9.69. The zero-order valence-corrected chi connectivity index (χ0v) is 34.3. The van der Waals surface area contributed by atoms with E-state index in [4.69, 9.17) is 38.4 Å². The molecule has 0 saturated heterocycles. The van der Waals surface area contributed by atoms with Gasteiger partial charge in [-0.2, -0.15) is 0 Å². The number of carbonyl (C=O) groups is 1. The van der Waals surface area contributed by atoms with Crippen LogP contribution in [0.2, 0.25) is 0 Å². The van der Waals surface area contributed by atoms with E-state index in [9.17, 15) is 0 Å². The predicted octanol–water partition coefficient (Wildman–Crippen LogP) is 10.5. The summed E-state index contributed by atoms with van der Waals surface area (Å²) in [5.41, 5.74) is 5.19. The fraction of sp³-hybridized carbons (Fsp3) is 0.311. The zero-order valence-electron chi connectivity index (χ0n) is 32.7. The van der Waals surface area contributed by atoms with Crippen LogP contribution in [-0.2, 0) is 17.6 Å². The molecule has 2 aromatic heterocycles. The number of ether oxygens (including phenoxy) is 6. The Hall–Kier alpha value is -5.39. The quantitative estimate of drug-likeness (QED) is 0.0748. The van der Waals surface area contributed by atoms with Gasteiger partial charge in [-0.1, -0.05) is 24.3 Å². The average molecular weight is 793 g/mol. The van der Waals surface area contributed by atoms with E-state index in [2.05, 4.69) is 0 Å². The van der Waals surface area contributed by atoms with Gasteiger partial charge in [0.25, 0.3) is 0 Å². The summed E-state index contributed by atoms with van der Waals surface area (Å²) in [6.45, 7) is 9.92. The van der Waals surface area contributed by atoms with Crippen LogP contribution in [0.4, 0.5) is 0 Å². The monoisotopic (exact) mass is 792 g/mol. The highest BCUT2D eigenvalue weighted by molar-refractivity contribution is 7.13. The Morgan fingerprint density at radius 1 is 0.554 bits per heavy atom. The third-order valence-corrected chi connectivity index (χ3v) is 11.1. The van der Waals surface area contributed by atoms with Crippen molar-refractivity contribution in [3.63, 3.8) is 0 Å². The number of hydrogen-bond acceptors (Lipinski definition) is 11. The van der Waals surface area contributed by atoms with Crippen molar-refractivity contribution in [1.29, 1.82) is 0 Å². The Labute approximate surface area is 337 Å². The summed E-state index contributed by atoms with van der Waals surface area (Å²) in [6, 6.07) is 27.3. The van der Waals surface area contributed by atoms with Crippen LogP contribution in [0.25, 0.3) is 21.1 Å². The van der Waals surface area contributed by atoms with Gasteiger partial charge in [0, 0.05) is 46.6 Å². The van der Waals surface area contributed by atoms with Crippen molar-refractivity contribution < 1.29 is 33.2 Å². The molecule has 2 atom stereocenters. The summed E-state index contributed by atoms with van der Waals surface area (Å²) in [5.74, 6) is 3.10. The third-order valence-electron chi connectivity index (χ3n) is 9.19. The van der Waals surface area contributed by atoms with E-state index in [-0.39, 0.29) is 5.78 Å². The maximum atomic E-state index is 15.2. The minimum atomic E-state index is -0.534. The van der Waals surface area contributed by atoms with Gasteiger partial charge in [0.05, 0.1) is 52.0 Å². The maximum absolute atomic E-state index is 15.2. The molecule has 56 heavy (non-hydrogen) atoms. The Kier molecular flexibility index (Phi) is 14.0. The van der Waals surface area contributed by atoms with Gasteiger partial charge >= 0.3 is 0 Å². The minimum Gasteiger partial charge on any atom is -0.497 e. The smallest absolute Gasteiger partial charge is 0.161 e. The first kappa shape index (κ1) is 40.3. The molecule has 9 nitrogen and oxygen atoms in total. The number of Topliss-reactive ketones (excluding diaryl/α,β-unsaturated/α-hetero) is 1. The molecule has 0 N–H and O–H groups in total. The SMILES string of the molecule is CCOc1ccc(-c2nc(CC(C(=O)C(Cc3csc(-c4ccc(OCC)c(OCC)c4)n3)c3cccc(OC)c3)c3cccc(OC)c3)cs2)cc1OCC. The normalized spacial score (nSPS) is 12.1. The Morgan fingerprint density at radius 2 is 0.964 bits per heavy atom. The number of aromatic nitrogens is 2. The molecule has 2 heterocycles. The van der Waals surface area contributed by atoms with E-state index in [1.165, 1.54) is 0 Å². The molecule has 11 heteroatoms. The lowest BCUT2D eigenvalue weighted by Crippen LogP contribution is -2.24. The van der Waals surface area contributed by atoms with Crippen LogP contribution < -0.4 is 28.4 Å². The van der Waals surface area contributed by atoms with E-state index < -0.39 is 11.8 Å². The van der Waals surface area contributed by atoms with Gasteiger partial charge in [0.2, 0.25) is 0 Å². The highest BCUT2D eigenvalue weighted by atomic mass is 32.1. The molecule has 0 aliphatic rings. The molecular formula is C45H48N2O7S2. The van der Waals surface area contributed by atoms with E-state index >= 15 is 4.79 Å². The topological polar surface area (TPSA) is 98.2 Å². The molecule has 6 rings (SSSR count). The standard InChI is InChI=1S/C45H48N2O7S2/c1-7-51-39-19-17-31(23-41(39)53-9-3)44-46-33(27-55-44)25-37(29-13-11-15-35(21-29)49-5)43(48)38(30-14-12-16-36(22-30)50-6)26-34-28-56-45(47-34)32-18-20-40(52-8-2)42(24-32)54-10-4/h11-24,27-28,37-38H,7-10,25-26H2,1-6H3.